The molecule has 1 fully saturated rings. The quantitative estimate of drug-likeness (QED) is 0.671. The SMILES string of the molecule is CC1CCCC(Sc2ccc(C(=O)O)c([N+](=O)[O-])c2)C1. The maximum Gasteiger partial charge on any atom is 0.342 e. The first-order valence-electron chi connectivity index (χ1n) is 6.65. The van der Waals surface area contributed by atoms with E-state index < -0.39 is 10.9 Å². The number of hydrogen-bond acceptors (Lipinski definition) is 4. The highest BCUT2D eigenvalue weighted by atomic mass is 32.2. The summed E-state index contributed by atoms with van der Waals surface area (Å²) < 4.78 is 0. The van der Waals surface area contributed by atoms with Crippen LogP contribution in [0.2, 0.25) is 0 Å². The highest BCUT2D eigenvalue weighted by Crippen LogP contribution is 2.37. The molecule has 1 aliphatic rings. The number of benzene rings is 1. The van der Waals surface area contributed by atoms with Crippen LogP contribution in [0.4, 0.5) is 5.69 Å². The van der Waals surface area contributed by atoms with Crippen molar-refractivity contribution in [3.8, 4) is 0 Å². The van der Waals surface area contributed by atoms with Gasteiger partial charge in [0, 0.05) is 16.2 Å². The van der Waals surface area contributed by atoms with Gasteiger partial charge in [0.2, 0.25) is 0 Å². The van der Waals surface area contributed by atoms with Crippen LogP contribution in [0.3, 0.4) is 0 Å². The average molecular weight is 295 g/mol. The van der Waals surface area contributed by atoms with E-state index in [1.807, 2.05) is 0 Å². The summed E-state index contributed by atoms with van der Waals surface area (Å²) in [5, 5.41) is 20.4. The third-order valence-corrected chi connectivity index (χ3v) is 4.87. The van der Waals surface area contributed by atoms with Crippen LogP contribution in [0, 0.1) is 16.0 Å². The number of rotatable bonds is 4. The molecule has 1 aromatic rings. The molecule has 2 unspecified atom stereocenters. The van der Waals surface area contributed by atoms with Crippen molar-refractivity contribution in [2.75, 3.05) is 0 Å². The highest BCUT2D eigenvalue weighted by Gasteiger charge is 2.23. The van der Waals surface area contributed by atoms with Crippen LogP contribution >= 0.6 is 11.8 Å². The van der Waals surface area contributed by atoms with E-state index >= 15 is 0 Å². The molecule has 2 rings (SSSR count). The molecule has 20 heavy (non-hydrogen) atoms. The zero-order valence-corrected chi connectivity index (χ0v) is 12.1. The maximum absolute atomic E-state index is 11.0. The van der Waals surface area contributed by atoms with Crippen LogP contribution in [-0.4, -0.2) is 21.2 Å². The van der Waals surface area contributed by atoms with E-state index in [1.165, 1.54) is 25.0 Å². The largest absolute Gasteiger partial charge is 0.477 e. The molecule has 0 radical (unpaired) electrons. The number of carbonyl (C=O) groups is 1. The van der Waals surface area contributed by atoms with Crippen LogP contribution in [0.5, 0.6) is 0 Å². The Hall–Kier alpha value is -1.56. The molecular formula is C14H17NO4S. The third kappa shape index (κ3) is 3.50. The van der Waals surface area contributed by atoms with Crippen molar-refractivity contribution in [1.82, 2.24) is 0 Å². The van der Waals surface area contributed by atoms with E-state index in [9.17, 15) is 14.9 Å². The number of nitro groups is 1. The van der Waals surface area contributed by atoms with E-state index in [4.69, 9.17) is 5.11 Å². The van der Waals surface area contributed by atoms with Gasteiger partial charge in [-0.2, -0.15) is 0 Å². The molecule has 1 aliphatic carbocycles. The average Bonchev–Trinajstić information content (AvgIpc) is 2.38. The van der Waals surface area contributed by atoms with Gasteiger partial charge in [-0.25, -0.2) is 4.79 Å². The molecule has 0 bridgehead atoms. The molecule has 0 aromatic heterocycles. The Balaban J connectivity index is 2.18. The van der Waals surface area contributed by atoms with Gasteiger partial charge >= 0.3 is 5.97 Å². The lowest BCUT2D eigenvalue weighted by molar-refractivity contribution is -0.385. The number of carboxylic acids is 1. The summed E-state index contributed by atoms with van der Waals surface area (Å²) in [6.45, 7) is 2.22. The summed E-state index contributed by atoms with van der Waals surface area (Å²) in [5.74, 6) is -0.575. The molecular weight excluding hydrogens is 278 g/mol. The summed E-state index contributed by atoms with van der Waals surface area (Å²) in [4.78, 5) is 22.1. The van der Waals surface area contributed by atoms with Crippen molar-refractivity contribution in [1.29, 1.82) is 0 Å². The van der Waals surface area contributed by atoms with Gasteiger partial charge in [-0.1, -0.05) is 19.8 Å². The Bertz CT molecular complexity index is 532. The second-order valence-corrected chi connectivity index (χ2v) is 6.63. The summed E-state index contributed by atoms with van der Waals surface area (Å²) >= 11 is 1.62. The van der Waals surface area contributed by atoms with E-state index in [1.54, 1.807) is 17.8 Å². The topological polar surface area (TPSA) is 80.4 Å². The fourth-order valence-corrected chi connectivity index (χ4v) is 4.02. The summed E-state index contributed by atoms with van der Waals surface area (Å²) in [6.07, 6.45) is 4.66. The van der Waals surface area contributed by atoms with Crippen molar-refractivity contribution >= 4 is 23.4 Å². The number of hydrogen-bond donors (Lipinski definition) is 1. The molecule has 0 saturated heterocycles. The lowest BCUT2D eigenvalue weighted by Gasteiger charge is -2.26. The number of thioether (sulfide) groups is 1. The fraction of sp³-hybridized carbons (Fsp3) is 0.500. The number of nitrogens with zero attached hydrogens (tertiary/aromatic N) is 1. The van der Waals surface area contributed by atoms with Gasteiger partial charge < -0.3 is 5.11 Å². The predicted octanol–water partition coefficient (Wildman–Crippen LogP) is 3.96. The van der Waals surface area contributed by atoms with Gasteiger partial charge in [0.1, 0.15) is 5.56 Å². The molecule has 108 valence electrons. The molecule has 5 nitrogen and oxygen atoms in total. The minimum atomic E-state index is -1.26. The van der Waals surface area contributed by atoms with Gasteiger partial charge in [0.05, 0.1) is 4.92 Å². The number of nitro benzene ring substituents is 1. The van der Waals surface area contributed by atoms with E-state index in [-0.39, 0.29) is 11.3 Å². The molecule has 0 amide bonds. The molecule has 0 spiro atoms. The lowest BCUT2D eigenvalue weighted by atomic mass is 9.91. The van der Waals surface area contributed by atoms with Gasteiger partial charge in [0.25, 0.3) is 5.69 Å². The Kier molecular flexibility index (Phi) is 4.65. The summed E-state index contributed by atoms with van der Waals surface area (Å²) in [7, 11) is 0. The zero-order valence-electron chi connectivity index (χ0n) is 11.2. The smallest absolute Gasteiger partial charge is 0.342 e. The zero-order chi connectivity index (χ0) is 14.7. The van der Waals surface area contributed by atoms with Gasteiger partial charge in [-0.3, -0.25) is 10.1 Å². The van der Waals surface area contributed by atoms with Gasteiger partial charge in [0.15, 0.2) is 0 Å². The van der Waals surface area contributed by atoms with Crippen molar-refractivity contribution in [2.45, 2.75) is 42.8 Å². The first kappa shape index (κ1) is 14.8. The van der Waals surface area contributed by atoms with Crippen LogP contribution in [-0.2, 0) is 0 Å². The monoisotopic (exact) mass is 295 g/mol. The van der Waals surface area contributed by atoms with Crippen LogP contribution in [0.15, 0.2) is 23.1 Å². The normalized spacial score (nSPS) is 22.4. The minimum absolute atomic E-state index is 0.253. The highest BCUT2D eigenvalue weighted by molar-refractivity contribution is 8.00. The summed E-state index contributed by atoms with van der Waals surface area (Å²) in [6, 6.07) is 4.38. The predicted molar refractivity (Wildman–Crippen MR) is 77.3 cm³/mol. The Morgan fingerprint density at radius 1 is 1.45 bits per heavy atom. The molecule has 6 heteroatoms. The standard InChI is InChI=1S/C14H17NO4S/c1-9-3-2-4-10(7-9)20-11-5-6-12(14(16)17)13(8-11)15(18)19/h5-6,8-10H,2-4,7H2,1H3,(H,16,17). The molecule has 2 atom stereocenters. The molecule has 0 aliphatic heterocycles. The van der Waals surface area contributed by atoms with Crippen LogP contribution < -0.4 is 0 Å². The second kappa shape index (κ2) is 6.26. The van der Waals surface area contributed by atoms with Crippen molar-refractivity contribution in [3.05, 3.63) is 33.9 Å². The van der Waals surface area contributed by atoms with Gasteiger partial charge in [-0.05, 0) is 30.9 Å². The molecule has 1 saturated carbocycles. The number of aromatic carboxylic acids is 1. The maximum atomic E-state index is 11.0. The Morgan fingerprint density at radius 2 is 2.20 bits per heavy atom. The van der Waals surface area contributed by atoms with Crippen molar-refractivity contribution in [2.24, 2.45) is 5.92 Å². The molecule has 1 aromatic carbocycles. The minimum Gasteiger partial charge on any atom is -0.477 e. The Morgan fingerprint density at radius 3 is 2.80 bits per heavy atom. The Labute approximate surface area is 121 Å². The van der Waals surface area contributed by atoms with Crippen LogP contribution in [0.1, 0.15) is 43.0 Å². The van der Waals surface area contributed by atoms with Crippen molar-refractivity contribution < 1.29 is 14.8 Å². The second-order valence-electron chi connectivity index (χ2n) is 5.25. The van der Waals surface area contributed by atoms with Gasteiger partial charge in [-0.15, -0.1) is 11.8 Å². The van der Waals surface area contributed by atoms with E-state index in [0.29, 0.717) is 11.2 Å². The summed E-state index contributed by atoms with van der Waals surface area (Å²) in [5.41, 5.74) is -0.581. The van der Waals surface area contributed by atoms with Crippen molar-refractivity contribution in [3.63, 3.8) is 0 Å². The first-order valence-corrected chi connectivity index (χ1v) is 7.53. The number of carboxylic acid groups (broad SMARTS) is 1. The molecule has 1 N–H and O–H groups in total. The third-order valence-electron chi connectivity index (χ3n) is 3.59. The molecule has 0 heterocycles. The first-order chi connectivity index (χ1) is 9.47. The fourth-order valence-electron chi connectivity index (χ4n) is 2.59. The van der Waals surface area contributed by atoms with Crippen LogP contribution in [0.25, 0.3) is 0 Å². The lowest BCUT2D eigenvalue weighted by Crippen LogP contribution is -2.14. The van der Waals surface area contributed by atoms with E-state index in [0.717, 1.165) is 17.7 Å². The van der Waals surface area contributed by atoms with E-state index in [2.05, 4.69) is 6.92 Å².